The van der Waals surface area contributed by atoms with Crippen molar-refractivity contribution in [3.63, 3.8) is 0 Å². The van der Waals surface area contributed by atoms with Crippen LogP contribution in [0.15, 0.2) is 46.3 Å². The van der Waals surface area contributed by atoms with Crippen molar-refractivity contribution in [3.05, 3.63) is 46.8 Å². The molecule has 2 aromatic heterocycles. The Balaban J connectivity index is 1.55. The predicted octanol–water partition coefficient (Wildman–Crippen LogP) is 3.81. The topological polar surface area (TPSA) is 64.0 Å². The fraction of sp³-hybridized carbons (Fsp3) is 0.350. The molecule has 0 radical (unpaired) electrons. The highest BCUT2D eigenvalue weighted by Gasteiger charge is 2.18. The van der Waals surface area contributed by atoms with E-state index in [9.17, 15) is 9.59 Å². The second kappa shape index (κ2) is 7.86. The van der Waals surface area contributed by atoms with Crippen LogP contribution in [0.4, 0.5) is 0 Å². The van der Waals surface area contributed by atoms with E-state index in [1.54, 1.807) is 7.05 Å². The highest BCUT2D eigenvalue weighted by Crippen LogP contribution is 2.31. The number of nitrogens with one attached hydrogen (secondary N) is 1. The van der Waals surface area contributed by atoms with Crippen LogP contribution in [-0.2, 0) is 11.8 Å². The third-order valence-corrected chi connectivity index (χ3v) is 6.95. The Morgan fingerprint density at radius 2 is 2.04 bits per heavy atom. The fourth-order valence-corrected chi connectivity index (χ4v) is 5.25. The summed E-state index contributed by atoms with van der Waals surface area (Å²) in [5.74, 6) is 0.288. The van der Waals surface area contributed by atoms with Gasteiger partial charge in [-0.2, -0.15) is 0 Å². The molecule has 1 aliphatic rings. The molecule has 0 aliphatic heterocycles. The predicted molar refractivity (Wildman–Crippen MR) is 111 cm³/mol. The Morgan fingerprint density at radius 3 is 2.78 bits per heavy atom. The molecular formula is C20H21N3O2S2. The molecule has 140 valence electrons. The third kappa shape index (κ3) is 3.94. The van der Waals surface area contributed by atoms with Gasteiger partial charge in [-0.1, -0.05) is 54.9 Å². The molecule has 0 spiro atoms. The van der Waals surface area contributed by atoms with E-state index in [4.69, 9.17) is 0 Å². The highest BCUT2D eigenvalue weighted by molar-refractivity contribution is 7.99. The van der Waals surface area contributed by atoms with E-state index >= 15 is 0 Å². The maximum Gasteiger partial charge on any atom is 0.262 e. The van der Waals surface area contributed by atoms with Crippen LogP contribution in [0.3, 0.4) is 0 Å². The molecule has 0 unspecified atom stereocenters. The van der Waals surface area contributed by atoms with E-state index < -0.39 is 0 Å². The Hall–Kier alpha value is -2.12. The number of rotatable bonds is 5. The quantitative estimate of drug-likeness (QED) is 0.523. The van der Waals surface area contributed by atoms with Gasteiger partial charge in [0.25, 0.3) is 5.56 Å². The molecule has 0 atom stereocenters. The minimum Gasteiger partial charge on any atom is -0.353 e. The molecule has 1 aliphatic carbocycles. The summed E-state index contributed by atoms with van der Waals surface area (Å²) in [5.41, 5.74) is 1.00. The minimum absolute atomic E-state index is 0.0115. The van der Waals surface area contributed by atoms with Crippen LogP contribution in [0.1, 0.15) is 25.7 Å². The van der Waals surface area contributed by atoms with Gasteiger partial charge in [0.2, 0.25) is 5.91 Å². The van der Waals surface area contributed by atoms with Crippen molar-refractivity contribution >= 4 is 39.2 Å². The van der Waals surface area contributed by atoms with Crippen LogP contribution in [-0.4, -0.2) is 27.3 Å². The van der Waals surface area contributed by atoms with E-state index in [2.05, 4.69) is 10.3 Å². The summed E-state index contributed by atoms with van der Waals surface area (Å²) in [7, 11) is 1.71. The van der Waals surface area contributed by atoms with Gasteiger partial charge in [-0.3, -0.25) is 14.2 Å². The van der Waals surface area contributed by atoms with Gasteiger partial charge in [-0.25, -0.2) is 4.98 Å². The molecule has 1 amide bonds. The first kappa shape index (κ1) is 18.3. The lowest BCUT2D eigenvalue weighted by Gasteiger charge is -2.12. The summed E-state index contributed by atoms with van der Waals surface area (Å²) in [6, 6.07) is 12.2. The Labute approximate surface area is 165 Å². The average Bonchev–Trinajstić information content (AvgIpc) is 3.34. The Kier molecular flexibility index (Phi) is 5.31. The van der Waals surface area contributed by atoms with Crippen molar-refractivity contribution in [2.24, 2.45) is 7.05 Å². The molecule has 7 heteroatoms. The average molecular weight is 400 g/mol. The standard InChI is InChI=1S/C20H21N3O2S2/c1-23-19(25)15-11-16(13-7-3-2-4-8-13)27-18(15)22-20(23)26-12-17(24)21-14-9-5-6-10-14/h2-4,7-8,11,14H,5-6,9-10,12H2,1H3,(H,21,24). The number of fused-ring (bicyclic) bond motifs is 1. The van der Waals surface area contributed by atoms with Crippen molar-refractivity contribution in [2.75, 3.05) is 5.75 Å². The number of hydrogen-bond acceptors (Lipinski definition) is 5. The second-order valence-corrected chi connectivity index (χ2v) is 8.76. The number of hydrogen-bond donors (Lipinski definition) is 1. The van der Waals surface area contributed by atoms with E-state index in [0.29, 0.717) is 16.6 Å². The van der Waals surface area contributed by atoms with Crippen molar-refractivity contribution < 1.29 is 4.79 Å². The van der Waals surface area contributed by atoms with Crippen LogP contribution in [0, 0.1) is 0 Å². The lowest BCUT2D eigenvalue weighted by atomic mass is 10.2. The number of thiophene rings is 1. The largest absolute Gasteiger partial charge is 0.353 e. The van der Waals surface area contributed by atoms with Gasteiger partial charge in [-0.05, 0) is 24.5 Å². The molecule has 0 saturated heterocycles. The smallest absolute Gasteiger partial charge is 0.262 e. The zero-order chi connectivity index (χ0) is 18.8. The first-order chi connectivity index (χ1) is 13.1. The van der Waals surface area contributed by atoms with E-state index in [1.807, 2.05) is 36.4 Å². The maximum atomic E-state index is 12.7. The molecule has 27 heavy (non-hydrogen) atoms. The molecule has 5 nitrogen and oxygen atoms in total. The summed E-state index contributed by atoms with van der Waals surface area (Å²) in [6.45, 7) is 0. The number of nitrogens with zero attached hydrogens (tertiary/aromatic N) is 2. The van der Waals surface area contributed by atoms with Crippen molar-refractivity contribution in [2.45, 2.75) is 36.9 Å². The van der Waals surface area contributed by atoms with Crippen LogP contribution in [0.25, 0.3) is 20.7 Å². The SMILES string of the molecule is Cn1c(SCC(=O)NC2CCCC2)nc2sc(-c3ccccc3)cc2c1=O. The number of aromatic nitrogens is 2. The maximum absolute atomic E-state index is 12.7. The van der Waals surface area contributed by atoms with Gasteiger partial charge >= 0.3 is 0 Å². The van der Waals surface area contributed by atoms with Gasteiger partial charge in [0.1, 0.15) is 4.83 Å². The van der Waals surface area contributed by atoms with Crippen LogP contribution < -0.4 is 10.9 Å². The van der Waals surface area contributed by atoms with Crippen LogP contribution >= 0.6 is 23.1 Å². The normalized spacial score (nSPS) is 14.7. The van der Waals surface area contributed by atoms with Crippen molar-refractivity contribution in [1.82, 2.24) is 14.9 Å². The summed E-state index contributed by atoms with van der Waals surface area (Å²) in [6.07, 6.45) is 4.51. The Morgan fingerprint density at radius 1 is 1.30 bits per heavy atom. The molecule has 0 bridgehead atoms. The van der Waals surface area contributed by atoms with Gasteiger partial charge in [-0.15, -0.1) is 11.3 Å². The number of benzene rings is 1. The molecule has 4 rings (SSSR count). The minimum atomic E-state index is -0.0721. The van der Waals surface area contributed by atoms with Crippen LogP contribution in [0.2, 0.25) is 0 Å². The summed E-state index contributed by atoms with van der Waals surface area (Å²) in [5, 5.41) is 4.28. The van der Waals surface area contributed by atoms with Gasteiger partial charge in [0.05, 0.1) is 11.1 Å². The number of thioether (sulfide) groups is 1. The number of amides is 1. The van der Waals surface area contributed by atoms with Crippen molar-refractivity contribution in [1.29, 1.82) is 0 Å². The number of carbonyl (C=O) groups is 1. The second-order valence-electron chi connectivity index (χ2n) is 6.79. The van der Waals surface area contributed by atoms with Gasteiger partial charge in [0, 0.05) is 18.0 Å². The monoisotopic (exact) mass is 399 g/mol. The lowest BCUT2D eigenvalue weighted by Crippen LogP contribution is -2.34. The van der Waals surface area contributed by atoms with E-state index in [0.717, 1.165) is 28.1 Å². The van der Waals surface area contributed by atoms with Crippen molar-refractivity contribution in [3.8, 4) is 10.4 Å². The fourth-order valence-electron chi connectivity index (χ4n) is 3.39. The van der Waals surface area contributed by atoms with E-state index in [1.165, 1.54) is 40.5 Å². The Bertz CT molecular complexity index is 1020. The number of carbonyl (C=O) groups excluding carboxylic acids is 1. The lowest BCUT2D eigenvalue weighted by molar-refractivity contribution is -0.119. The molecular weight excluding hydrogens is 378 g/mol. The molecule has 1 saturated carbocycles. The molecule has 1 fully saturated rings. The summed E-state index contributed by atoms with van der Waals surface area (Å²) >= 11 is 2.83. The first-order valence-electron chi connectivity index (χ1n) is 9.10. The zero-order valence-electron chi connectivity index (χ0n) is 15.1. The zero-order valence-corrected chi connectivity index (χ0v) is 16.7. The highest BCUT2D eigenvalue weighted by atomic mass is 32.2. The summed E-state index contributed by atoms with van der Waals surface area (Å²) in [4.78, 5) is 31.3. The van der Waals surface area contributed by atoms with Crippen LogP contribution in [0.5, 0.6) is 0 Å². The first-order valence-corrected chi connectivity index (χ1v) is 10.9. The third-order valence-electron chi connectivity index (χ3n) is 4.84. The molecule has 3 aromatic rings. The summed E-state index contributed by atoms with van der Waals surface area (Å²) < 4.78 is 1.54. The molecule has 2 heterocycles. The molecule has 1 N–H and O–H groups in total. The van der Waals surface area contributed by atoms with Gasteiger partial charge < -0.3 is 5.32 Å². The van der Waals surface area contributed by atoms with Gasteiger partial charge in [0.15, 0.2) is 5.16 Å². The van der Waals surface area contributed by atoms with E-state index in [-0.39, 0.29) is 17.2 Å². The molecule has 1 aromatic carbocycles.